The predicted octanol–water partition coefficient (Wildman–Crippen LogP) is 4.34. The van der Waals surface area contributed by atoms with Gasteiger partial charge in [-0.2, -0.15) is 0 Å². The number of halogens is 1. The maximum atomic E-state index is 12.5. The normalized spacial score (nSPS) is 10.2. The van der Waals surface area contributed by atoms with E-state index < -0.39 is 5.91 Å². The molecule has 2 aromatic carbocycles. The van der Waals surface area contributed by atoms with E-state index in [9.17, 15) is 9.59 Å². The molecule has 0 aliphatic heterocycles. The molecule has 1 heterocycles. The van der Waals surface area contributed by atoms with E-state index in [0.717, 1.165) is 0 Å². The lowest BCUT2D eigenvalue weighted by Gasteiger charge is -2.10. The summed E-state index contributed by atoms with van der Waals surface area (Å²) in [6.45, 7) is 1.47. The van der Waals surface area contributed by atoms with E-state index in [1.54, 1.807) is 42.5 Å². The van der Waals surface area contributed by atoms with Crippen LogP contribution in [0.1, 0.15) is 27.8 Å². The molecule has 0 atom stereocenters. The molecule has 142 valence electrons. The Morgan fingerprint density at radius 1 is 1.04 bits per heavy atom. The number of rotatable bonds is 6. The highest BCUT2D eigenvalue weighted by atomic mass is 35.5. The second kappa shape index (κ2) is 8.49. The number of ether oxygens (including phenoxy) is 1. The molecule has 1 aromatic heterocycles. The summed E-state index contributed by atoms with van der Waals surface area (Å²) in [5.41, 5.74) is 1.88. The van der Waals surface area contributed by atoms with E-state index in [0.29, 0.717) is 33.5 Å². The van der Waals surface area contributed by atoms with Crippen molar-refractivity contribution in [2.24, 2.45) is 0 Å². The first-order valence-electron chi connectivity index (χ1n) is 8.31. The van der Waals surface area contributed by atoms with Crippen LogP contribution in [0.25, 0.3) is 0 Å². The minimum atomic E-state index is -0.418. The average Bonchev–Trinajstić information content (AvgIpc) is 2.68. The van der Waals surface area contributed by atoms with Gasteiger partial charge in [-0.15, -0.1) is 0 Å². The summed E-state index contributed by atoms with van der Waals surface area (Å²) < 4.78 is 5.12. The molecule has 1 amide bonds. The number of nitrogens with zero attached hydrogens (tertiary/aromatic N) is 2. The Kier molecular flexibility index (Phi) is 5.86. The zero-order valence-electron chi connectivity index (χ0n) is 15.2. The number of carbonyl (C=O) groups is 2. The zero-order valence-corrected chi connectivity index (χ0v) is 15.9. The summed E-state index contributed by atoms with van der Waals surface area (Å²) in [6, 6.07) is 13.4. The highest BCUT2D eigenvalue weighted by molar-refractivity contribution is 6.32. The standard InChI is InChI=1S/C20H17ClN4O3/c1-12(26)13-4-3-5-14(8-13)25-20(27)17-10-19(23-11-22-17)24-15-6-7-18(28-2)16(21)9-15/h3-11H,1-2H3,(H,25,27)(H,22,23,24). The van der Waals surface area contributed by atoms with Gasteiger partial charge >= 0.3 is 0 Å². The van der Waals surface area contributed by atoms with Gasteiger partial charge in [0.15, 0.2) is 5.78 Å². The van der Waals surface area contributed by atoms with Crippen LogP contribution in [0, 0.1) is 0 Å². The second-order valence-electron chi connectivity index (χ2n) is 5.85. The van der Waals surface area contributed by atoms with E-state index in [2.05, 4.69) is 20.6 Å². The number of ketones is 1. The van der Waals surface area contributed by atoms with Gasteiger partial charge in [0.25, 0.3) is 5.91 Å². The fraction of sp³-hybridized carbons (Fsp3) is 0.100. The Labute approximate surface area is 166 Å². The van der Waals surface area contributed by atoms with Crippen molar-refractivity contribution in [1.82, 2.24) is 9.97 Å². The third kappa shape index (κ3) is 4.63. The lowest BCUT2D eigenvalue weighted by atomic mass is 10.1. The van der Waals surface area contributed by atoms with Crippen molar-refractivity contribution in [3.05, 3.63) is 71.1 Å². The Morgan fingerprint density at radius 3 is 2.57 bits per heavy atom. The van der Waals surface area contributed by atoms with Gasteiger partial charge in [0.1, 0.15) is 23.6 Å². The van der Waals surface area contributed by atoms with Crippen molar-refractivity contribution >= 4 is 40.5 Å². The Balaban J connectivity index is 1.75. The maximum Gasteiger partial charge on any atom is 0.274 e. The molecule has 2 N–H and O–H groups in total. The molecule has 0 saturated heterocycles. The van der Waals surface area contributed by atoms with Crippen molar-refractivity contribution in [2.45, 2.75) is 6.92 Å². The van der Waals surface area contributed by atoms with Gasteiger partial charge in [0, 0.05) is 23.0 Å². The SMILES string of the molecule is COc1ccc(Nc2cc(C(=O)Nc3cccc(C(C)=O)c3)ncn2)cc1Cl. The smallest absolute Gasteiger partial charge is 0.274 e. The quantitative estimate of drug-likeness (QED) is 0.602. The van der Waals surface area contributed by atoms with Crippen molar-refractivity contribution in [3.63, 3.8) is 0 Å². The van der Waals surface area contributed by atoms with Gasteiger partial charge in [-0.3, -0.25) is 9.59 Å². The number of Topliss-reactive ketones (excluding diaryl/α,β-unsaturated/α-hetero) is 1. The minimum Gasteiger partial charge on any atom is -0.495 e. The highest BCUT2D eigenvalue weighted by Gasteiger charge is 2.11. The molecule has 0 fully saturated rings. The number of nitrogens with one attached hydrogen (secondary N) is 2. The molecule has 3 rings (SSSR count). The van der Waals surface area contributed by atoms with Gasteiger partial charge < -0.3 is 15.4 Å². The van der Waals surface area contributed by atoms with Gasteiger partial charge in [-0.05, 0) is 37.3 Å². The lowest BCUT2D eigenvalue weighted by molar-refractivity contribution is 0.100. The van der Waals surface area contributed by atoms with E-state index in [1.165, 1.54) is 26.4 Å². The third-order valence-corrected chi connectivity index (χ3v) is 4.15. The number of carbonyl (C=O) groups excluding carboxylic acids is 2. The molecule has 0 bridgehead atoms. The second-order valence-corrected chi connectivity index (χ2v) is 6.26. The number of aromatic nitrogens is 2. The number of benzene rings is 2. The van der Waals surface area contributed by atoms with E-state index in [4.69, 9.17) is 16.3 Å². The number of anilines is 3. The van der Waals surface area contributed by atoms with Crippen LogP contribution in [0.5, 0.6) is 5.75 Å². The number of hydrogen-bond donors (Lipinski definition) is 2. The molecule has 0 saturated carbocycles. The first-order valence-corrected chi connectivity index (χ1v) is 8.69. The summed E-state index contributed by atoms with van der Waals surface area (Å²) in [4.78, 5) is 32.1. The summed E-state index contributed by atoms with van der Waals surface area (Å²) in [5, 5.41) is 6.23. The lowest BCUT2D eigenvalue weighted by Crippen LogP contribution is -2.14. The van der Waals surface area contributed by atoms with Crippen molar-refractivity contribution in [3.8, 4) is 5.75 Å². The van der Waals surface area contributed by atoms with Crippen LogP contribution < -0.4 is 15.4 Å². The summed E-state index contributed by atoms with van der Waals surface area (Å²) in [7, 11) is 1.54. The minimum absolute atomic E-state index is 0.0808. The molecule has 0 aliphatic rings. The Bertz CT molecular complexity index is 1040. The Morgan fingerprint density at radius 2 is 1.86 bits per heavy atom. The molecular weight excluding hydrogens is 380 g/mol. The molecule has 0 radical (unpaired) electrons. The maximum absolute atomic E-state index is 12.5. The van der Waals surface area contributed by atoms with Crippen LogP contribution in [-0.2, 0) is 0 Å². The van der Waals surface area contributed by atoms with Crippen LogP contribution in [0.4, 0.5) is 17.2 Å². The Hall–Kier alpha value is -3.45. The number of methoxy groups -OCH3 is 1. The molecule has 8 heteroatoms. The topological polar surface area (TPSA) is 93.2 Å². The molecule has 3 aromatic rings. The van der Waals surface area contributed by atoms with Crippen LogP contribution in [0.2, 0.25) is 5.02 Å². The molecule has 0 unspecified atom stereocenters. The average molecular weight is 397 g/mol. The fourth-order valence-corrected chi connectivity index (χ4v) is 2.71. The first kappa shape index (κ1) is 19.3. The summed E-state index contributed by atoms with van der Waals surface area (Å²) >= 11 is 6.12. The molecule has 28 heavy (non-hydrogen) atoms. The van der Waals surface area contributed by atoms with Crippen LogP contribution in [-0.4, -0.2) is 28.8 Å². The van der Waals surface area contributed by atoms with Gasteiger partial charge in [0.05, 0.1) is 12.1 Å². The van der Waals surface area contributed by atoms with Crippen LogP contribution >= 0.6 is 11.6 Å². The zero-order chi connectivity index (χ0) is 20.1. The number of hydrogen-bond acceptors (Lipinski definition) is 6. The van der Waals surface area contributed by atoms with Crippen LogP contribution in [0.3, 0.4) is 0 Å². The first-order chi connectivity index (χ1) is 13.5. The van der Waals surface area contributed by atoms with Crippen molar-refractivity contribution in [1.29, 1.82) is 0 Å². The van der Waals surface area contributed by atoms with E-state index in [1.807, 2.05) is 0 Å². The summed E-state index contributed by atoms with van der Waals surface area (Å²) in [6.07, 6.45) is 1.29. The van der Waals surface area contributed by atoms with Crippen LogP contribution in [0.15, 0.2) is 54.9 Å². The molecule has 0 spiro atoms. The van der Waals surface area contributed by atoms with Gasteiger partial charge in [0.2, 0.25) is 0 Å². The highest BCUT2D eigenvalue weighted by Crippen LogP contribution is 2.28. The molecular formula is C20H17ClN4O3. The van der Waals surface area contributed by atoms with E-state index in [-0.39, 0.29) is 11.5 Å². The fourth-order valence-electron chi connectivity index (χ4n) is 2.45. The van der Waals surface area contributed by atoms with Gasteiger partial charge in [-0.25, -0.2) is 9.97 Å². The van der Waals surface area contributed by atoms with Gasteiger partial charge in [-0.1, -0.05) is 23.7 Å². The molecule has 0 aliphatic carbocycles. The number of amides is 1. The van der Waals surface area contributed by atoms with E-state index >= 15 is 0 Å². The molecule has 7 nitrogen and oxygen atoms in total. The van der Waals surface area contributed by atoms with Crippen molar-refractivity contribution in [2.75, 3.05) is 17.7 Å². The predicted molar refractivity (Wildman–Crippen MR) is 108 cm³/mol. The summed E-state index contributed by atoms with van der Waals surface area (Å²) in [5.74, 6) is 0.489. The third-order valence-electron chi connectivity index (χ3n) is 3.85. The van der Waals surface area contributed by atoms with Crippen molar-refractivity contribution < 1.29 is 14.3 Å². The monoisotopic (exact) mass is 396 g/mol. The largest absolute Gasteiger partial charge is 0.495 e.